The van der Waals surface area contributed by atoms with Crippen LogP contribution in [0, 0.1) is 0 Å². The van der Waals surface area contributed by atoms with Crippen LogP contribution in [0.4, 0.5) is 5.69 Å². The number of esters is 1. The Morgan fingerprint density at radius 3 is 2.13 bits per heavy atom. The minimum Gasteiger partial charge on any atom is -0.487 e. The molecule has 3 aromatic carbocycles. The summed E-state index contributed by atoms with van der Waals surface area (Å²) < 4.78 is 11.1. The number of fused-ring (bicyclic) bond motifs is 1. The minimum atomic E-state index is -0.561. The van der Waals surface area contributed by atoms with Gasteiger partial charge in [0.05, 0.1) is 23.8 Å². The van der Waals surface area contributed by atoms with E-state index in [1.54, 1.807) is 24.3 Å². The van der Waals surface area contributed by atoms with Crippen molar-refractivity contribution in [1.82, 2.24) is 0 Å². The number of imide groups is 1. The van der Waals surface area contributed by atoms with Crippen molar-refractivity contribution in [3.63, 3.8) is 0 Å². The lowest BCUT2D eigenvalue weighted by Crippen LogP contribution is -2.30. The van der Waals surface area contributed by atoms with Gasteiger partial charge in [0, 0.05) is 4.47 Å². The van der Waals surface area contributed by atoms with Crippen molar-refractivity contribution < 1.29 is 23.9 Å². The minimum absolute atomic E-state index is 0.189. The molecule has 1 aliphatic heterocycles. The molecule has 1 aliphatic rings. The molecular weight excluding hydrogens is 450 g/mol. The Bertz CT molecular complexity index is 1120. The van der Waals surface area contributed by atoms with Gasteiger partial charge in [-0.15, -0.1) is 0 Å². The Morgan fingerprint density at radius 1 is 0.933 bits per heavy atom. The number of nitrogens with zero attached hydrogens (tertiary/aromatic N) is 1. The molecule has 0 saturated heterocycles. The number of hydrogen-bond donors (Lipinski definition) is 0. The van der Waals surface area contributed by atoms with Gasteiger partial charge < -0.3 is 9.47 Å². The number of carbonyl (C=O) groups excluding carboxylic acids is 3. The molecular formula is C23H16BrNO5. The van der Waals surface area contributed by atoms with Gasteiger partial charge in [0.15, 0.2) is 0 Å². The van der Waals surface area contributed by atoms with E-state index in [1.165, 1.54) is 19.2 Å². The van der Waals surface area contributed by atoms with Gasteiger partial charge in [0.25, 0.3) is 11.8 Å². The van der Waals surface area contributed by atoms with Crippen LogP contribution in [0.1, 0.15) is 36.6 Å². The van der Waals surface area contributed by atoms with Crippen molar-refractivity contribution in [2.24, 2.45) is 0 Å². The van der Waals surface area contributed by atoms with Crippen molar-refractivity contribution in [3.8, 4) is 5.75 Å². The third kappa shape index (κ3) is 3.48. The number of rotatable bonds is 5. The summed E-state index contributed by atoms with van der Waals surface area (Å²) >= 11 is 3.40. The fourth-order valence-electron chi connectivity index (χ4n) is 3.26. The standard InChI is InChI=1S/C23H16BrNO5/c1-29-23(28)15-11-18(24)20(19(12-15)30-13-14-7-3-2-4-8-14)25-21(26)16-9-5-6-10-17(16)22(25)27/h2-12H,13H2,1H3. The monoisotopic (exact) mass is 465 g/mol. The molecule has 0 saturated carbocycles. The van der Waals surface area contributed by atoms with E-state index in [0.29, 0.717) is 15.6 Å². The van der Waals surface area contributed by atoms with E-state index in [9.17, 15) is 14.4 Å². The van der Waals surface area contributed by atoms with Crippen molar-refractivity contribution in [2.45, 2.75) is 6.61 Å². The third-order valence-electron chi connectivity index (χ3n) is 4.70. The number of halogens is 1. The second kappa shape index (κ2) is 8.12. The third-order valence-corrected chi connectivity index (χ3v) is 5.31. The molecule has 30 heavy (non-hydrogen) atoms. The molecule has 0 spiro atoms. The number of hydrogen-bond acceptors (Lipinski definition) is 5. The Hall–Kier alpha value is -3.45. The van der Waals surface area contributed by atoms with Gasteiger partial charge in [-0.25, -0.2) is 9.69 Å². The Kier molecular flexibility index (Phi) is 5.37. The quantitative estimate of drug-likeness (QED) is 0.406. The number of ether oxygens (including phenoxy) is 2. The summed E-state index contributed by atoms with van der Waals surface area (Å²) in [6, 6.07) is 19.0. The normalized spacial score (nSPS) is 12.7. The van der Waals surface area contributed by atoms with Crippen LogP contribution in [0.15, 0.2) is 71.2 Å². The maximum Gasteiger partial charge on any atom is 0.338 e. The average Bonchev–Trinajstić information content (AvgIpc) is 3.02. The first kappa shape index (κ1) is 19.8. The zero-order valence-corrected chi connectivity index (χ0v) is 17.5. The number of methoxy groups -OCH3 is 1. The molecule has 0 unspecified atom stereocenters. The molecule has 0 radical (unpaired) electrons. The molecule has 2 amide bonds. The fraction of sp³-hybridized carbons (Fsp3) is 0.0870. The van der Waals surface area contributed by atoms with Crippen LogP contribution in [0.5, 0.6) is 5.75 Å². The maximum atomic E-state index is 13.0. The van der Waals surface area contributed by atoms with Crippen molar-refractivity contribution in [3.05, 3.63) is 93.5 Å². The molecule has 1 heterocycles. The summed E-state index contributed by atoms with van der Waals surface area (Å²) in [5.74, 6) is -1.25. The van der Waals surface area contributed by atoms with Crippen LogP contribution in [-0.4, -0.2) is 24.9 Å². The molecule has 150 valence electrons. The Labute approximate surface area is 181 Å². The fourth-order valence-corrected chi connectivity index (χ4v) is 3.88. The maximum absolute atomic E-state index is 13.0. The average molecular weight is 466 g/mol. The smallest absolute Gasteiger partial charge is 0.338 e. The molecule has 6 nitrogen and oxygen atoms in total. The highest BCUT2D eigenvalue weighted by Gasteiger charge is 2.39. The molecule has 0 aliphatic carbocycles. The van der Waals surface area contributed by atoms with Crippen LogP contribution < -0.4 is 9.64 Å². The molecule has 0 aromatic heterocycles. The highest BCUT2D eigenvalue weighted by Crippen LogP contribution is 2.41. The first-order chi connectivity index (χ1) is 14.5. The van der Waals surface area contributed by atoms with Gasteiger partial charge in [-0.05, 0) is 45.8 Å². The molecule has 0 atom stereocenters. The summed E-state index contributed by atoms with van der Waals surface area (Å²) in [6.45, 7) is 0.189. The summed E-state index contributed by atoms with van der Waals surface area (Å²) in [7, 11) is 1.28. The van der Waals surface area contributed by atoms with E-state index in [2.05, 4.69) is 15.9 Å². The number of anilines is 1. The van der Waals surface area contributed by atoms with Gasteiger partial charge in [-0.1, -0.05) is 42.5 Å². The van der Waals surface area contributed by atoms with E-state index in [-0.39, 0.29) is 23.6 Å². The predicted molar refractivity (Wildman–Crippen MR) is 114 cm³/mol. The highest BCUT2D eigenvalue weighted by atomic mass is 79.9. The lowest BCUT2D eigenvalue weighted by molar-refractivity contribution is 0.0600. The van der Waals surface area contributed by atoms with Crippen molar-refractivity contribution >= 4 is 39.4 Å². The Morgan fingerprint density at radius 2 is 1.53 bits per heavy atom. The number of benzene rings is 3. The highest BCUT2D eigenvalue weighted by molar-refractivity contribution is 9.10. The largest absolute Gasteiger partial charge is 0.487 e. The van der Waals surface area contributed by atoms with Crippen molar-refractivity contribution in [2.75, 3.05) is 12.0 Å². The van der Waals surface area contributed by atoms with Crippen LogP contribution in [0.2, 0.25) is 0 Å². The predicted octanol–water partition coefficient (Wildman–Crippen LogP) is 4.62. The van der Waals surface area contributed by atoms with Crippen LogP contribution in [0.25, 0.3) is 0 Å². The van der Waals surface area contributed by atoms with Gasteiger partial charge >= 0.3 is 5.97 Å². The van der Waals surface area contributed by atoms with Crippen molar-refractivity contribution in [1.29, 1.82) is 0 Å². The second-order valence-electron chi connectivity index (χ2n) is 6.56. The summed E-state index contributed by atoms with van der Waals surface area (Å²) in [5.41, 5.74) is 2.00. The van der Waals surface area contributed by atoms with Crippen LogP contribution in [0.3, 0.4) is 0 Å². The zero-order chi connectivity index (χ0) is 21.3. The van der Waals surface area contributed by atoms with Crippen LogP contribution in [-0.2, 0) is 11.3 Å². The van der Waals surface area contributed by atoms with Gasteiger partial charge in [0.2, 0.25) is 0 Å². The summed E-state index contributed by atoms with van der Waals surface area (Å²) in [4.78, 5) is 39.1. The molecule has 4 rings (SSSR count). The second-order valence-corrected chi connectivity index (χ2v) is 7.42. The molecule has 0 bridgehead atoms. The van der Waals surface area contributed by atoms with Gasteiger partial charge in [-0.3, -0.25) is 9.59 Å². The summed E-state index contributed by atoms with van der Waals surface area (Å²) in [5, 5.41) is 0. The van der Waals surface area contributed by atoms with E-state index in [0.717, 1.165) is 10.5 Å². The lowest BCUT2D eigenvalue weighted by Gasteiger charge is -2.21. The van der Waals surface area contributed by atoms with Gasteiger partial charge in [-0.2, -0.15) is 0 Å². The molecule has 0 N–H and O–H groups in total. The molecule has 7 heteroatoms. The van der Waals surface area contributed by atoms with Crippen LogP contribution >= 0.6 is 15.9 Å². The first-order valence-corrected chi connectivity index (χ1v) is 9.87. The topological polar surface area (TPSA) is 72.9 Å². The first-order valence-electron chi connectivity index (χ1n) is 9.07. The van der Waals surface area contributed by atoms with E-state index < -0.39 is 17.8 Å². The SMILES string of the molecule is COC(=O)c1cc(Br)c(N2C(=O)c3ccccc3C2=O)c(OCc2ccccc2)c1. The molecule has 3 aromatic rings. The number of carbonyl (C=O) groups is 3. The molecule has 0 fully saturated rings. The van der Waals surface area contributed by atoms with Gasteiger partial charge in [0.1, 0.15) is 18.0 Å². The zero-order valence-electron chi connectivity index (χ0n) is 15.9. The van der Waals surface area contributed by atoms with E-state index in [4.69, 9.17) is 9.47 Å². The van der Waals surface area contributed by atoms with E-state index >= 15 is 0 Å². The number of amides is 2. The lowest BCUT2D eigenvalue weighted by atomic mass is 10.1. The summed E-state index contributed by atoms with van der Waals surface area (Å²) in [6.07, 6.45) is 0. The van der Waals surface area contributed by atoms with E-state index in [1.807, 2.05) is 30.3 Å². The Balaban J connectivity index is 1.79.